The first-order valence-electron chi connectivity index (χ1n) is 29.7. The molecular weight excluding hydrogens is 1000 g/mol. The van der Waals surface area contributed by atoms with E-state index < -0.39 is 11.6 Å². The fourth-order valence-electron chi connectivity index (χ4n) is 13.1. The van der Waals surface area contributed by atoms with Crippen molar-refractivity contribution in [2.24, 2.45) is 0 Å². The van der Waals surface area contributed by atoms with Crippen LogP contribution in [0.1, 0.15) is 121 Å². The maximum absolute atomic E-state index is 16.1. The summed E-state index contributed by atoms with van der Waals surface area (Å²) >= 11 is 0. The van der Waals surface area contributed by atoms with Crippen molar-refractivity contribution in [1.29, 1.82) is 0 Å². The predicted octanol–water partition coefficient (Wildman–Crippen LogP) is 19.3. The number of benzene rings is 8. The number of unbranched alkanes of at least 4 members (excludes halogenated alkanes) is 4. The number of likely N-dealkylation sites (tertiary alicyclic amines) is 1. The van der Waals surface area contributed by atoms with Gasteiger partial charge < -0.3 is 4.90 Å². The molecule has 1 unspecified atom stereocenters. The number of alkyl halides is 3. The van der Waals surface area contributed by atoms with Crippen LogP contribution in [0.15, 0.2) is 188 Å². The van der Waals surface area contributed by atoms with Gasteiger partial charge in [-0.25, -0.2) is 9.13 Å². The Balaban J connectivity index is 0.751. The lowest BCUT2D eigenvalue weighted by atomic mass is 9.68. The second kappa shape index (κ2) is 24.4. The first-order valence-corrected chi connectivity index (χ1v) is 29.7. The number of aromatic nitrogens is 2. The van der Waals surface area contributed by atoms with Crippen molar-refractivity contribution in [2.45, 2.75) is 137 Å². The maximum Gasteiger partial charge on any atom is 0.406 e. The van der Waals surface area contributed by atoms with Gasteiger partial charge >= 0.3 is 6.18 Å². The molecule has 0 spiro atoms. The summed E-state index contributed by atoms with van der Waals surface area (Å²) in [7, 11) is 0. The summed E-state index contributed by atoms with van der Waals surface area (Å²) < 4.78 is 53.5. The monoisotopic (exact) mass is 1080 g/mol. The van der Waals surface area contributed by atoms with Gasteiger partial charge in [0.25, 0.3) is 5.82 Å². The second-order valence-corrected chi connectivity index (χ2v) is 23.6. The predicted molar refractivity (Wildman–Crippen MR) is 332 cm³/mol. The highest BCUT2D eigenvalue weighted by atomic mass is 19.4. The van der Waals surface area contributed by atoms with E-state index in [-0.39, 0.29) is 22.1 Å². The molecule has 1 saturated heterocycles. The van der Waals surface area contributed by atoms with E-state index in [1.165, 1.54) is 95.7 Å². The minimum atomic E-state index is -4.65. The van der Waals surface area contributed by atoms with Gasteiger partial charge in [0.15, 0.2) is 0 Å². The highest BCUT2D eigenvalue weighted by molar-refractivity contribution is 5.73. The molecule has 3 nitrogen and oxygen atoms in total. The summed E-state index contributed by atoms with van der Waals surface area (Å²) in [6.07, 6.45) is 4.98. The number of aryl methyl sites for hydroxylation is 4. The van der Waals surface area contributed by atoms with Crippen LogP contribution < -0.4 is 4.57 Å². The molecule has 1 aliphatic rings. The summed E-state index contributed by atoms with van der Waals surface area (Å²) in [5.41, 5.74) is 17.2. The van der Waals surface area contributed by atoms with Gasteiger partial charge in [-0.15, -0.1) is 0 Å². The molecule has 1 fully saturated rings. The highest BCUT2D eigenvalue weighted by Gasteiger charge is 2.58. The molecule has 416 valence electrons. The number of hydrogen-bond acceptors (Lipinski definition) is 1. The Morgan fingerprint density at radius 3 is 1.35 bits per heavy atom. The quantitative estimate of drug-likeness (QED) is 0.0446. The topological polar surface area (TPSA) is 12.0 Å². The van der Waals surface area contributed by atoms with Gasteiger partial charge in [-0.1, -0.05) is 226 Å². The van der Waals surface area contributed by atoms with Gasteiger partial charge in [-0.05, 0) is 169 Å². The van der Waals surface area contributed by atoms with Crippen LogP contribution in [0, 0.1) is 41.5 Å². The first kappa shape index (κ1) is 57.0. The molecular formula is C75H81F3N3+. The Labute approximate surface area is 481 Å². The Kier molecular flexibility index (Phi) is 17.2. The number of nitrogens with zero attached hydrogens (tertiary/aromatic N) is 3. The van der Waals surface area contributed by atoms with Gasteiger partial charge in [-0.3, -0.25) is 0 Å². The van der Waals surface area contributed by atoms with E-state index in [9.17, 15) is 0 Å². The van der Waals surface area contributed by atoms with Crippen molar-refractivity contribution in [3.8, 4) is 55.9 Å². The Bertz CT molecular complexity index is 3510. The van der Waals surface area contributed by atoms with Crippen LogP contribution in [0.4, 0.5) is 13.2 Å². The number of imidazole rings is 1. The molecule has 0 N–H and O–H groups in total. The minimum Gasteiger partial charge on any atom is -0.303 e. The maximum atomic E-state index is 16.1. The first-order chi connectivity index (χ1) is 39.1. The average molecular weight is 1080 g/mol. The molecule has 6 heteroatoms. The molecule has 9 aromatic rings. The molecule has 1 aliphatic heterocycles. The van der Waals surface area contributed by atoms with Crippen LogP contribution in [-0.4, -0.2) is 35.3 Å². The van der Waals surface area contributed by atoms with Crippen LogP contribution in [-0.2, 0) is 23.9 Å². The van der Waals surface area contributed by atoms with E-state index in [2.05, 4.69) is 166 Å². The van der Waals surface area contributed by atoms with Gasteiger partial charge in [-0.2, -0.15) is 13.2 Å². The molecule has 0 radical (unpaired) electrons. The number of rotatable bonds is 19. The van der Waals surface area contributed by atoms with E-state index in [0.29, 0.717) is 0 Å². The van der Waals surface area contributed by atoms with E-state index in [4.69, 9.17) is 0 Å². The largest absolute Gasteiger partial charge is 0.406 e. The molecule has 8 aromatic carbocycles. The third kappa shape index (κ3) is 11.9. The molecule has 2 heterocycles. The molecule has 0 bridgehead atoms. The van der Waals surface area contributed by atoms with Crippen molar-refractivity contribution in [3.05, 3.63) is 244 Å². The van der Waals surface area contributed by atoms with Crippen LogP contribution in [0.2, 0.25) is 0 Å². The SMILES string of the molecule is CCCCn1c(C)c(C)[n+](CCCCCCN2CCC(C)(c3ccc(-c4ccc(-c5ccc(C(c6ccccc6)(c6ccc(-c7ccc(-c8ccc(C)cc8)cc7)cc6)C(F)(F)F)cc5)cc4)cc3)CC2)c1-c1c(C)cc(C)cc1C. The van der Waals surface area contributed by atoms with Crippen molar-refractivity contribution < 1.29 is 17.7 Å². The zero-order valence-electron chi connectivity index (χ0n) is 49.1. The van der Waals surface area contributed by atoms with E-state index in [1.54, 1.807) is 54.6 Å². The molecule has 1 aromatic heterocycles. The second-order valence-electron chi connectivity index (χ2n) is 23.6. The van der Waals surface area contributed by atoms with Gasteiger partial charge in [0.1, 0.15) is 16.8 Å². The van der Waals surface area contributed by atoms with Gasteiger partial charge in [0.2, 0.25) is 0 Å². The van der Waals surface area contributed by atoms with Crippen molar-refractivity contribution >= 4 is 0 Å². The smallest absolute Gasteiger partial charge is 0.303 e. The fraction of sp³-hybridized carbons (Fsp3) is 0.320. The fourth-order valence-corrected chi connectivity index (χ4v) is 13.1. The molecule has 0 saturated carbocycles. The summed E-state index contributed by atoms with van der Waals surface area (Å²) in [4.78, 5) is 2.69. The normalized spacial score (nSPS) is 14.5. The lowest BCUT2D eigenvalue weighted by molar-refractivity contribution is -0.691. The van der Waals surface area contributed by atoms with Crippen molar-refractivity contribution in [2.75, 3.05) is 19.6 Å². The van der Waals surface area contributed by atoms with Crippen LogP contribution >= 0.6 is 0 Å². The third-order valence-electron chi connectivity index (χ3n) is 18.1. The van der Waals surface area contributed by atoms with Crippen LogP contribution in [0.3, 0.4) is 0 Å². The average Bonchev–Trinajstić information content (AvgIpc) is 3.90. The van der Waals surface area contributed by atoms with E-state index in [0.717, 1.165) is 83.5 Å². The Morgan fingerprint density at radius 1 is 0.469 bits per heavy atom. The molecule has 0 aliphatic carbocycles. The molecule has 1 atom stereocenters. The summed E-state index contributed by atoms with van der Waals surface area (Å²) in [5, 5.41) is 0. The lowest BCUT2D eigenvalue weighted by Gasteiger charge is -2.40. The molecule has 10 rings (SSSR count). The number of hydrogen-bond donors (Lipinski definition) is 0. The van der Waals surface area contributed by atoms with Gasteiger partial charge in [0, 0.05) is 13.8 Å². The summed E-state index contributed by atoms with van der Waals surface area (Å²) in [6.45, 7) is 23.7. The zero-order valence-corrected chi connectivity index (χ0v) is 49.1. The van der Waals surface area contributed by atoms with Crippen LogP contribution in [0.25, 0.3) is 55.9 Å². The molecule has 81 heavy (non-hydrogen) atoms. The highest BCUT2D eigenvalue weighted by Crippen LogP contribution is 2.52. The summed E-state index contributed by atoms with van der Waals surface area (Å²) in [6, 6.07) is 61.0. The lowest BCUT2D eigenvalue weighted by Crippen LogP contribution is -2.44. The zero-order chi connectivity index (χ0) is 56.9. The molecule has 0 amide bonds. The third-order valence-corrected chi connectivity index (χ3v) is 18.1. The Hall–Kier alpha value is -7.28. The van der Waals surface area contributed by atoms with E-state index >= 15 is 13.2 Å². The van der Waals surface area contributed by atoms with E-state index in [1.807, 2.05) is 36.4 Å². The van der Waals surface area contributed by atoms with Crippen LogP contribution in [0.5, 0.6) is 0 Å². The van der Waals surface area contributed by atoms with Crippen molar-refractivity contribution in [3.63, 3.8) is 0 Å². The number of piperidine rings is 1. The van der Waals surface area contributed by atoms with Crippen molar-refractivity contribution in [1.82, 2.24) is 9.47 Å². The van der Waals surface area contributed by atoms with Gasteiger partial charge in [0.05, 0.1) is 18.7 Å². The number of halogens is 3. The Morgan fingerprint density at radius 2 is 0.889 bits per heavy atom. The standard InChI is InChI=1S/C75H81F3N3/c1-9-10-47-80-57(6)58(7)81(72(80)71-55(4)51-54(3)52-56(71)5)48-17-12-11-16-46-79-49-44-73(8,45-50-79)67-38-32-64(33-39-67)61-28-30-63(31-29-61)66-36-42-70(43-37-66)74(75(76,77)78,68-18-14-13-15-19-68)69-40-34-65(35-41-69)62-26-24-60(25-27-62)59-22-20-53(2)21-23-59/h13-15,18-43,51-52H,9-12,16-17,44-50H2,1-8H3/q+1. The summed E-state index contributed by atoms with van der Waals surface area (Å²) in [5.74, 6) is 1.40. The minimum absolute atomic E-state index is 0.140.